The zero-order valence-corrected chi connectivity index (χ0v) is 17.4. The molecule has 0 heterocycles. The Morgan fingerprint density at radius 1 is 0.667 bits per heavy atom. The first-order valence-electron chi connectivity index (χ1n) is 8.89. The summed E-state index contributed by atoms with van der Waals surface area (Å²) in [5.74, 6) is -0.565. The minimum atomic E-state index is -3.84. The van der Waals surface area contributed by atoms with Crippen LogP contribution in [0.2, 0.25) is 0 Å². The van der Waals surface area contributed by atoms with Gasteiger partial charge in [-0.3, -0.25) is 9.44 Å². The largest absolute Gasteiger partial charge is 0.281 e. The van der Waals surface area contributed by atoms with Crippen LogP contribution in [0.5, 0.6) is 0 Å². The Balaban J connectivity index is 1.86. The third-order valence-electron chi connectivity index (χ3n) is 4.08. The van der Waals surface area contributed by atoms with E-state index in [0.717, 1.165) is 0 Å². The topological polar surface area (TPSA) is 116 Å². The van der Waals surface area contributed by atoms with Gasteiger partial charge in [-0.25, -0.2) is 16.8 Å². The number of hydrogen-bond acceptors (Lipinski definition) is 5. The number of rotatable bonds is 8. The van der Waals surface area contributed by atoms with Gasteiger partial charge >= 0.3 is 0 Å². The molecule has 0 radical (unpaired) electrons. The normalized spacial score (nSPS) is 11.4. The summed E-state index contributed by atoms with van der Waals surface area (Å²) < 4.78 is 55.2. The SMILES string of the molecule is N#Cc1ccc(NS(=O)(=O)Cc2ccccc2)c(NS(=O)(=O)Cc2ccccc2)c1. The number of nitriles is 1. The van der Waals surface area contributed by atoms with E-state index in [1.807, 2.05) is 6.07 Å². The van der Waals surface area contributed by atoms with Gasteiger partial charge in [-0.05, 0) is 29.3 Å². The number of nitrogens with one attached hydrogen (secondary N) is 2. The van der Waals surface area contributed by atoms with E-state index in [0.29, 0.717) is 11.1 Å². The molecule has 0 aliphatic heterocycles. The molecule has 0 saturated carbocycles. The summed E-state index contributed by atoms with van der Waals surface area (Å²) in [5, 5.41) is 9.15. The summed E-state index contributed by atoms with van der Waals surface area (Å²) in [7, 11) is -7.66. The summed E-state index contributed by atoms with van der Waals surface area (Å²) in [5.41, 5.74) is 1.39. The van der Waals surface area contributed by atoms with Crippen LogP contribution in [0.1, 0.15) is 16.7 Å². The highest BCUT2D eigenvalue weighted by molar-refractivity contribution is 7.92. The van der Waals surface area contributed by atoms with Crippen LogP contribution in [0.25, 0.3) is 0 Å². The molecule has 154 valence electrons. The van der Waals surface area contributed by atoms with Gasteiger partial charge in [0.2, 0.25) is 20.0 Å². The van der Waals surface area contributed by atoms with E-state index >= 15 is 0 Å². The van der Waals surface area contributed by atoms with E-state index in [2.05, 4.69) is 9.44 Å². The summed E-state index contributed by atoms with van der Waals surface area (Å²) in [6.45, 7) is 0. The highest BCUT2D eigenvalue weighted by atomic mass is 32.2. The van der Waals surface area contributed by atoms with Crippen molar-refractivity contribution in [3.05, 3.63) is 95.6 Å². The lowest BCUT2D eigenvalue weighted by molar-refractivity contribution is 0.598. The van der Waals surface area contributed by atoms with Crippen molar-refractivity contribution in [2.45, 2.75) is 11.5 Å². The molecule has 3 aromatic rings. The van der Waals surface area contributed by atoms with E-state index in [1.165, 1.54) is 18.2 Å². The van der Waals surface area contributed by atoms with Crippen molar-refractivity contribution in [3.63, 3.8) is 0 Å². The average molecular weight is 442 g/mol. The van der Waals surface area contributed by atoms with E-state index in [1.54, 1.807) is 60.7 Å². The third-order valence-corrected chi connectivity index (χ3v) is 6.57. The van der Waals surface area contributed by atoms with E-state index in [9.17, 15) is 16.8 Å². The first-order valence-corrected chi connectivity index (χ1v) is 12.2. The molecule has 7 nitrogen and oxygen atoms in total. The maximum absolute atomic E-state index is 12.6. The van der Waals surface area contributed by atoms with Crippen molar-refractivity contribution in [1.82, 2.24) is 0 Å². The Bertz CT molecular complexity index is 1270. The van der Waals surface area contributed by atoms with Gasteiger partial charge < -0.3 is 0 Å². The van der Waals surface area contributed by atoms with E-state index < -0.39 is 20.0 Å². The first kappa shape index (κ1) is 21.4. The molecule has 0 atom stereocenters. The van der Waals surface area contributed by atoms with Crippen LogP contribution in [-0.4, -0.2) is 16.8 Å². The summed E-state index contributed by atoms with van der Waals surface area (Å²) in [6, 6.07) is 23.2. The molecule has 0 fully saturated rings. The smallest absolute Gasteiger partial charge is 0.236 e. The molecule has 3 aromatic carbocycles. The van der Waals surface area contributed by atoms with Crippen LogP contribution in [0.3, 0.4) is 0 Å². The van der Waals surface area contributed by atoms with Crippen molar-refractivity contribution in [2.24, 2.45) is 0 Å². The monoisotopic (exact) mass is 441 g/mol. The molecular weight excluding hydrogens is 422 g/mol. The quantitative estimate of drug-likeness (QED) is 0.555. The second-order valence-electron chi connectivity index (χ2n) is 6.57. The van der Waals surface area contributed by atoms with E-state index in [-0.39, 0.29) is 28.4 Å². The lowest BCUT2D eigenvalue weighted by Gasteiger charge is -2.15. The van der Waals surface area contributed by atoms with Crippen LogP contribution < -0.4 is 9.44 Å². The van der Waals surface area contributed by atoms with E-state index in [4.69, 9.17) is 5.26 Å². The molecule has 2 N–H and O–H groups in total. The van der Waals surface area contributed by atoms with Gasteiger partial charge in [0, 0.05) is 0 Å². The van der Waals surface area contributed by atoms with Crippen molar-refractivity contribution in [3.8, 4) is 6.07 Å². The number of hydrogen-bond donors (Lipinski definition) is 2. The fourth-order valence-corrected chi connectivity index (χ4v) is 5.21. The zero-order valence-electron chi connectivity index (χ0n) is 15.8. The Morgan fingerprint density at radius 3 is 1.60 bits per heavy atom. The molecule has 0 spiro atoms. The molecule has 0 amide bonds. The number of anilines is 2. The molecule has 9 heteroatoms. The summed E-state index contributed by atoms with van der Waals surface area (Å²) in [4.78, 5) is 0. The van der Waals surface area contributed by atoms with Crippen molar-refractivity contribution >= 4 is 31.4 Å². The first-order chi connectivity index (χ1) is 14.3. The summed E-state index contributed by atoms with van der Waals surface area (Å²) in [6.07, 6.45) is 0. The third kappa shape index (κ3) is 6.07. The van der Waals surface area contributed by atoms with Gasteiger partial charge in [-0.2, -0.15) is 5.26 Å². The van der Waals surface area contributed by atoms with Gasteiger partial charge in [0.25, 0.3) is 0 Å². The van der Waals surface area contributed by atoms with Gasteiger partial charge in [0.05, 0.1) is 34.5 Å². The zero-order chi connectivity index (χ0) is 21.6. The standard InChI is InChI=1S/C21H19N3O4S2/c22-14-19-11-12-20(23-29(25,26)15-17-7-3-1-4-8-17)21(13-19)24-30(27,28)16-18-9-5-2-6-10-18/h1-13,23-24H,15-16H2. The number of benzene rings is 3. The Labute approximate surface area is 176 Å². The molecule has 0 aliphatic carbocycles. The van der Waals surface area contributed by atoms with Crippen molar-refractivity contribution < 1.29 is 16.8 Å². The second-order valence-corrected chi connectivity index (χ2v) is 10.0. The Morgan fingerprint density at radius 2 is 1.13 bits per heavy atom. The fourth-order valence-electron chi connectivity index (χ4n) is 2.78. The molecule has 0 unspecified atom stereocenters. The molecule has 0 aliphatic rings. The highest BCUT2D eigenvalue weighted by Gasteiger charge is 2.18. The molecule has 0 aromatic heterocycles. The van der Waals surface area contributed by atoms with Crippen molar-refractivity contribution in [2.75, 3.05) is 9.44 Å². The molecular formula is C21H19N3O4S2. The minimum absolute atomic E-state index is 0.0124. The Hall–Kier alpha value is -3.35. The number of sulfonamides is 2. The lowest BCUT2D eigenvalue weighted by Crippen LogP contribution is -2.19. The summed E-state index contributed by atoms with van der Waals surface area (Å²) >= 11 is 0. The minimum Gasteiger partial charge on any atom is -0.281 e. The molecule has 30 heavy (non-hydrogen) atoms. The second kappa shape index (κ2) is 8.98. The number of nitrogens with zero attached hydrogens (tertiary/aromatic N) is 1. The molecule has 3 rings (SSSR count). The van der Waals surface area contributed by atoms with Gasteiger partial charge in [0.15, 0.2) is 0 Å². The van der Waals surface area contributed by atoms with Crippen LogP contribution in [0.15, 0.2) is 78.9 Å². The van der Waals surface area contributed by atoms with Gasteiger partial charge in [-0.15, -0.1) is 0 Å². The van der Waals surface area contributed by atoms with Crippen LogP contribution in [0.4, 0.5) is 11.4 Å². The maximum Gasteiger partial charge on any atom is 0.236 e. The molecule has 0 bridgehead atoms. The van der Waals surface area contributed by atoms with Crippen LogP contribution >= 0.6 is 0 Å². The maximum atomic E-state index is 12.6. The van der Waals surface area contributed by atoms with Crippen LogP contribution in [0, 0.1) is 11.3 Å². The lowest BCUT2D eigenvalue weighted by atomic mass is 10.2. The van der Waals surface area contributed by atoms with Crippen molar-refractivity contribution in [1.29, 1.82) is 5.26 Å². The van der Waals surface area contributed by atoms with Gasteiger partial charge in [0.1, 0.15) is 0 Å². The van der Waals surface area contributed by atoms with Crippen LogP contribution in [-0.2, 0) is 31.6 Å². The Kier molecular flexibility index (Phi) is 6.40. The fraction of sp³-hybridized carbons (Fsp3) is 0.0952. The average Bonchev–Trinajstić information content (AvgIpc) is 2.69. The van der Waals surface area contributed by atoms with Gasteiger partial charge in [-0.1, -0.05) is 60.7 Å². The highest BCUT2D eigenvalue weighted by Crippen LogP contribution is 2.27. The predicted octanol–water partition coefficient (Wildman–Crippen LogP) is 3.44. The molecule has 0 saturated heterocycles. The predicted molar refractivity (Wildman–Crippen MR) is 117 cm³/mol.